The molecule has 6 heteroatoms. The van der Waals surface area contributed by atoms with Gasteiger partial charge in [0.25, 0.3) is 0 Å². The minimum absolute atomic E-state index is 0. The number of unbranched alkanes of at least 4 members (excludes halogenated alkanes) is 1. The van der Waals surface area contributed by atoms with E-state index in [1.165, 1.54) is 0 Å². The molecule has 1 aromatic carbocycles. The van der Waals surface area contributed by atoms with Crippen molar-refractivity contribution in [2.24, 2.45) is 0 Å². The molecule has 0 aliphatic heterocycles. The Bertz CT molecular complexity index is 408. The van der Waals surface area contributed by atoms with Crippen LogP contribution in [0.1, 0.15) is 26.2 Å². The molecule has 1 atom stereocenters. The van der Waals surface area contributed by atoms with Crippen LogP contribution in [-0.4, -0.2) is 42.7 Å². The number of hydrogen-bond acceptors (Lipinski definition) is 3. The predicted octanol–water partition coefficient (Wildman–Crippen LogP) is 2.50. The van der Waals surface area contributed by atoms with Crippen LogP contribution in [0.25, 0.3) is 0 Å². The van der Waals surface area contributed by atoms with E-state index >= 15 is 0 Å². The Kier molecular flexibility index (Phi) is 8.51. The first kappa shape index (κ1) is 17.3. The molecule has 0 fully saturated rings. The molecule has 0 saturated carbocycles. The SMILES string of the molecule is CCCCC(Cl)S(=O)(=O)Oc1ccccc1.[NaH]. The minimum atomic E-state index is -3.72. The second kappa shape index (κ2) is 8.38. The van der Waals surface area contributed by atoms with E-state index in [1.807, 2.05) is 6.92 Å². The average Bonchev–Trinajstić information content (AvgIpc) is 2.26. The predicted molar refractivity (Wildman–Crippen MR) is 72.3 cm³/mol. The van der Waals surface area contributed by atoms with Crippen LogP contribution in [0.15, 0.2) is 30.3 Å². The zero-order valence-corrected chi connectivity index (χ0v) is 10.7. The third kappa shape index (κ3) is 6.11. The molecular weight excluding hydrogens is 271 g/mol. The Hall–Kier alpha value is 0.260. The number of alkyl halides is 1. The van der Waals surface area contributed by atoms with Gasteiger partial charge in [-0.05, 0) is 18.6 Å². The van der Waals surface area contributed by atoms with Gasteiger partial charge in [-0.2, -0.15) is 8.42 Å². The van der Waals surface area contributed by atoms with E-state index in [4.69, 9.17) is 15.8 Å². The molecule has 0 amide bonds. The molecule has 0 aliphatic rings. The van der Waals surface area contributed by atoms with Crippen LogP contribution in [0.3, 0.4) is 0 Å². The Labute approximate surface area is 130 Å². The fraction of sp³-hybridized carbons (Fsp3) is 0.455. The van der Waals surface area contributed by atoms with E-state index in [9.17, 15) is 8.42 Å². The maximum atomic E-state index is 11.7. The first-order valence-electron chi connectivity index (χ1n) is 5.18. The van der Waals surface area contributed by atoms with Crippen LogP contribution in [-0.2, 0) is 10.1 Å². The summed E-state index contributed by atoms with van der Waals surface area (Å²) in [4.78, 5) is 0. The number of rotatable bonds is 6. The standard InChI is InChI=1S/C11H15ClO3S.Na.H/c1-2-3-9-11(12)16(13,14)15-10-7-5-4-6-8-10;;/h4-8,11H,2-3,9H2,1H3;;. The number of halogens is 1. The second-order valence-corrected chi connectivity index (χ2v) is 5.95. The van der Waals surface area contributed by atoms with E-state index < -0.39 is 14.8 Å². The average molecular weight is 287 g/mol. The van der Waals surface area contributed by atoms with E-state index in [1.54, 1.807) is 30.3 Å². The molecule has 17 heavy (non-hydrogen) atoms. The normalized spacial score (nSPS) is 12.6. The fourth-order valence-electron chi connectivity index (χ4n) is 1.17. The van der Waals surface area contributed by atoms with Gasteiger partial charge in [-0.25, -0.2) is 0 Å². The van der Waals surface area contributed by atoms with Crippen LogP contribution in [0.4, 0.5) is 0 Å². The zero-order chi connectivity index (χ0) is 12.0. The van der Waals surface area contributed by atoms with Crippen LogP contribution >= 0.6 is 11.6 Å². The van der Waals surface area contributed by atoms with Crippen LogP contribution in [0.5, 0.6) is 5.75 Å². The monoisotopic (exact) mass is 286 g/mol. The van der Waals surface area contributed by atoms with Crippen molar-refractivity contribution in [2.75, 3.05) is 0 Å². The zero-order valence-electron chi connectivity index (χ0n) is 9.10. The number of hydrogen-bond donors (Lipinski definition) is 0. The van der Waals surface area contributed by atoms with Gasteiger partial charge in [-0.3, -0.25) is 0 Å². The number of benzene rings is 1. The van der Waals surface area contributed by atoms with Crippen LogP contribution in [0, 0.1) is 0 Å². The van der Waals surface area contributed by atoms with Crippen molar-refractivity contribution in [1.82, 2.24) is 0 Å². The van der Waals surface area contributed by atoms with Crippen LogP contribution < -0.4 is 4.18 Å². The molecule has 0 aliphatic carbocycles. The van der Waals surface area contributed by atoms with Gasteiger partial charge < -0.3 is 4.18 Å². The van der Waals surface area contributed by atoms with Gasteiger partial charge in [0.2, 0.25) is 0 Å². The van der Waals surface area contributed by atoms with E-state index in [2.05, 4.69) is 0 Å². The summed E-state index contributed by atoms with van der Waals surface area (Å²) in [6.07, 6.45) is 2.09. The van der Waals surface area contributed by atoms with Crippen molar-refractivity contribution in [1.29, 1.82) is 0 Å². The van der Waals surface area contributed by atoms with Gasteiger partial charge in [-0.1, -0.05) is 38.0 Å². The second-order valence-electron chi connectivity index (χ2n) is 3.44. The number of para-hydroxylation sites is 1. The van der Waals surface area contributed by atoms with Gasteiger partial charge >= 0.3 is 39.7 Å². The molecule has 1 unspecified atom stereocenters. The van der Waals surface area contributed by atoms with Crippen molar-refractivity contribution in [3.63, 3.8) is 0 Å². The van der Waals surface area contributed by atoms with Crippen LogP contribution in [0.2, 0.25) is 0 Å². The molecule has 0 bridgehead atoms. The molecule has 0 N–H and O–H groups in total. The van der Waals surface area contributed by atoms with Crippen molar-refractivity contribution in [3.05, 3.63) is 30.3 Å². The molecule has 1 rings (SSSR count). The fourth-order valence-corrected chi connectivity index (χ4v) is 2.37. The van der Waals surface area contributed by atoms with Gasteiger partial charge in [-0.15, -0.1) is 11.6 Å². The van der Waals surface area contributed by atoms with Crippen molar-refractivity contribution in [2.45, 2.75) is 30.9 Å². The van der Waals surface area contributed by atoms with E-state index in [-0.39, 0.29) is 29.6 Å². The van der Waals surface area contributed by atoms with Crippen molar-refractivity contribution < 1.29 is 12.6 Å². The summed E-state index contributed by atoms with van der Waals surface area (Å²) in [6, 6.07) is 8.37. The van der Waals surface area contributed by atoms with Gasteiger partial charge in [0.1, 0.15) is 5.75 Å². The van der Waals surface area contributed by atoms with Gasteiger partial charge in [0, 0.05) is 0 Å². The summed E-state index contributed by atoms with van der Waals surface area (Å²) < 4.78 is 27.2. The third-order valence-corrected chi connectivity index (χ3v) is 4.21. The molecule has 0 saturated heterocycles. The first-order chi connectivity index (χ1) is 7.56. The molecule has 0 radical (unpaired) electrons. The molecule has 3 nitrogen and oxygen atoms in total. The molecule has 0 spiro atoms. The molecule has 1 aromatic rings. The Morgan fingerprint density at radius 2 is 1.88 bits per heavy atom. The molecule has 92 valence electrons. The van der Waals surface area contributed by atoms with E-state index in [0.717, 1.165) is 12.8 Å². The Balaban J connectivity index is 0.00000256. The Morgan fingerprint density at radius 3 is 2.41 bits per heavy atom. The quantitative estimate of drug-likeness (QED) is 0.458. The molecule has 0 aromatic heterocycles. The van der Waals surface area contributed by atoms with Crippen molar-refractivity contribution in [3.8, 4) is 5.75 Å². The summed E-state index contributed by atoms with van der Waals surface area (Å²) in [6.45, 7) is 1.98. The molecular formula is C11H16ClNaO3S. The Morgan fingerprint density at radius 1 is 1.29 bits per heavy atom. The summed E-state index contributed by atoms with van der Waals surface area (Å²) in [5.41, 5.74) is 0. The summed E-state index contributed by atoms with van der Waals surface area (Å²) in [5.74, 6) is 0.296. The summed E-state index contributed by atoms with van der Waals surface area (Å²) in [7, 11) is -3.72. The van der Waals surface area contributed by atoms with Gasteiger partial charge in [0.05, 0.1) is 0 Å². The maximum absolute atomic E-state index is 11.7. The first-order valence-corrected chi connectivity index (χ1v) is 7.09. The van der Waals surface area contributed by atoms with Crippen molar-refractivity contribution >= 4 is 51.3 Å². The van der Waals surface area contributed by atoms with Gasteiger partial charge in [0.15, 0.2) is 4.71 Å². The van der Waals surface area contributed by atoms with E-state index in [0.29, 0.717) is 12.2 Å². The third-order valence-electron chi connectivity index (χ3n) is 2.05. The summed E-state index contributed by atoms with van der Waals surface area (Å²) >= 11 is 5.79. The topological polar surface area (TPSA) is 43.4 Å². The molecule has 0 heterocycles. The summed E-state index contributed by atoms with van der Waals surface area (Å²) in [5, 5.41) is 0.